The van der Waals surface area contributed by atoms with Crippen LogP contribution in [0.25, 0.3) is 0 Å². The second-order valence-electron chi connectivity index (χ2n) is 5.23. The summed E-state index contributed by atoms with van der Waals surface area (Å²) < 4.78 is 5.43. The van der Waals surface area contributed by atoms with Gasteiger partial charge in [0.2, 0.25) is 0 Å². The fraction of sp³-hybridized carbons (Fsp3) is 0.571. The van der Waals surface area contributed by atoms with E-state index >= 15 is 0 Å². The van der Waals surface area contributed by atoms with Crippen LogP contribution in [0, 0.1) is 5.92 Å². The van der Waals surface area contributed by atoms with Crippen molar-refractivity contribution >= 4 is 5.69 Å². The number of anilines is 1. The number of nitrogens with zero attached hydrogens (tertiary/aromatic N) is 1. The molecule has 1 aliphatic rings. The molecule has 0 amide bonds. The van der Waals surface area contributed by atoms with E-state index < -0.39 is 0 Å². The lowest BCUT2D eigenvalue weighted by Gasteiger charge is -2.46. The van der Waals surface area contributed by atoms with Gasteiger partial charge in [0, 0.05) is 25.2 Å². The van der Waals surface area contributed by atoms with E-state index in [0.29, 0.717) is 12.5 Å². The van der Waals surface area contributed by atoms with Crippen LogP contribution >= 0.6 is 0 Å². The standard InChI is InChI=1S/C14H22N2O/c1-11(8-15)14(9-17-10-14)12-4-6-13(7-5-12)16(2)3/h4-7,11H,8-10,15H2,1-3H3. The van der Waals surface area contributed by atoms with E-state index in [2.05, 4.69) is 50.2 Å². The Kier molecular flexibility index (Phi) is 3.40. The molecule has 1 aromatic carbocycles. The third-order valence-corrected chi connectivity index (χ3v) is 3.97. The summed E-state index contributed by atoms with van der Waals surface area (Å²) in [4.78, 5) is 2.11. The van der Waals surface area contributed by atoms with Crippen LogP contribution in [0.15, 0.2) is 24.3 Å². The summed E-state index contributed by atoms with van der Waals surface area (Å²) in [7, 11) is 4.11. The molecule has 1 aliphatic heterocycles. The molecule has 0 spiro atoms. The van der Waals surface area contributed by atoms with Crippen molar-refractivity contribution in [3.63, 3.8) is 0 Å². The molecule has 0 saturated carbocycles. The number of hydrogen-bond acceptors (Lipinski definition) is 3. The SMILES string of the molecule is CC(CN)C1(c2ccc(N(C)C)cc2)COC1. The minimum Gasteiger partial charge on any atom is -0.379 e. The first kappa shape index (κ1) is 12.4. The molecule has 2 rings (SSSR count). The molecule has 1 fully saturated rings. The fourth-order valence-corrected chi connectivity index (χ4v) is 2.37. The molecular weight excluding hydrogens is 212 g/mol. The van der Waals surface area contributed by atoms with Gasteiger partial charge in [-0.2, -0.15) is 0 Å². The predicted octanol–water partition coefficient (Wildman–Crippen LogP) is 1.62. The fourth-order valence-electron chi connectivity index (χ4n) is 2.37. The predicted molar refractivity (Wildman–Crippen MR) is 71.5 cm³/mol. The zero-order valence-electron chi connectivity index (χ0n) is 10.9. The lowest BCUT2D eigenvalue weighted by molar-refractivity contribution is -0.0854. The minimum atomic E-state index is 0.138. The monoisotopic (exact) mass is 234 g/mol. The highest BCUT2D eigenvalue weighted by atomic mass is 16.5. The van der Waals surface area contributed by atoms with E-state index in [1.165, 1.54) is 11.3 Å². The van der Waals surface area contributed by atoms with Crippen LogP contribution < -0.4 is 10.6 Å². The number of ether oxygens (including phenoxy) is 1. The Morgan fingerprint density at radius 2 is 1.88 bits per heavy atom. The van der Waals surface area contributed by atoms with Gasteiger partial charge in [-0.3, -0.25) is 0 Å². The van der Waals surface area contributed by atoms with Crippen molar-refractivity contribution in [2.75, 3.05) is 38.8 Å². The average Bonchev–Trinajstić information content (AvgIpc) is 2.28. The molecule has 3 heteroatoms. The summed E-state index contributed by atoms with van der Waals surface area (Å²) in [5, 5.41) is 0. The van der Waals surface area contributed by atoms with E-state index in [4.69, 9.17) is 10.5 Å². The molecule has 1 saturated heterocycles. The van der Waals surface area contributed by atoms with Crippen LogP contribution in [-0.4, -0.2) is 33.9 Å². The van der Waals surface area contributed by atoms with Crippen molar-refractivity contribution in [3.8, 4) is 0 Å². The van der Waals surface area contributed by atoms with Crippen molar-refractivity contribution in [3.05, 3.63) is 29.8 Å². The number of rotatable bonds is 4. The molecule has 0 radical (unpaired) electrons. The Labute approximate surface area is 104 Å². The summed E-state index contributed by atoms with van der Waals surface area (Å²) in [5.41, 5.74) is 8.54. The third kappa shape index (κ3) is 2.05. The largest absolute Gasteiger partial charge is 0.379 e. The molecule has 1 atom stereocenters. The first-order valence-electron chi connectivity index (χ1n) is 6.16. The van der Waals surface area contributed by atoms with Gasteiger partial charge >= 0.3 is 0 Å². The summed E-state index contributed by atoms with van der Waals surface area (Å²) in [5.74, 6) is 0.460. The van der Waals surface area contributed by atoms with Crippen molar-refractivity contribution in [1.29, 1.82) is 0 Å². The van der Waals surface area contributed by atoms with Crippen LogP contribution in [0.3, 0.4) is 0 Å². The van der Waals surface area contributed by atoms with Crippen LogP contribution in [-0.2, 0) is 10.2 Å². The van der Waals surface area contributed by atoms with Gasteiger partial charge in [-0.25, -0.2) is 0 Å². The third-order valence-electron chi connectivity index (χ3n) is 3.97. The number of benzene rings is 1. The van der Waals surface area contributed by atoms with Crippen LogP contribution in [0.4, 0.5) is 5.69 Å². The molecule has 0 aromatic heterocycles. The van der Waals surface area contributed by atoms with E-state index in [1.54, 1.807) is 0 Å². The Morgan fingerprint density at radius 1 is 1.29 bits per heavy atom. The highest BCUT2D eigenvalue weighted by molar-refractivity contribution is 5.48. The first-order chi connectivity index (χ1) is 8.10. The Morgan fingerprint density at radius 3 is 2.24 bits per heavy atom. The van der Waals surface area contributed by atoms with E-state index in [9.17, 15) is 0 Å². The van der Waals surface area contributed by atoms with Gasteiger partial charge < -0.3 is 15.4 Å². The number of hydrogen-bond donors (Lipinski definition) is 1. The summed E-state index contributed by atoms with van der Waals surface area (Å²) in [6.45, 7) is 4.51. The minimum absolute atomic E-state index is 0.138. The van der Waals surface area contributed by atoms with Crippen LogP contribution in [0.2, 0.25) is 0 Å². The van der Waals surface area contributed by atoms with Gasteiger partial charge in [-0.15, -0.1) is 0 Å². The van der Waals surface area contributed by atoms with Crippen molar-refractivity contribution in [1.82, 2.24) is 0 Å². The van der Waals surface area contributed by atoms with Gasteiger partial charge in [0.1, 0.15) is 0 Å². The lowest BCUT2D eigenvalue weighted by atomic mass is 9.69. The molecule has 0 aliphatic carbocycles. The molecule has 3 nitrogen and oxygen atoms in total. The lowest BCUT2D eigenvalue weighted by Crippen LogP contribution is -2.53. The van der Waals surface area contributed by atoms with E-state index in [-0.39, 0.29) is 5.41 Å². The summed E-state index contributed by atoms with van der Waals surface area (Å²) in [6.07, 6.45) is 0. The topological polar surface area (TPSA) is 38.5 Å². The van der Waals surface area contributed by atoms with Crippen molar-refractivity contribution < 1.29 is 4.74 Å². The molecule has 1 aromatic rings. The molecule has 2 N–H and O–H groups in total. The Balaban J connectivity index is 2.26. The quantitative estimate of drug-likeness (QED) is 0.860. The summed E-state index contributed by atoms with van der Waals surface area (Å²) in [6, 6.07) is 8.76. The second-order valence-corrected chi connectivity index (χ2v) is 5.23. The first-order valence-corrected chi connectivity index (χ1v) is 6.16. The molecule has 1 unspecified atom stereocenters. The van der Waals surface area contributed by atoms with Gasteiger partial charge in [0.25, 0.3) is 0 Å². The normalized spacial score (nSPS) is 19.5. The van der Waals surface area contributed by atoms with Crippen molar-refractivity contribution in [2.45, 2.75) is 12.3 Å². The Hall–Kier alpha value is -1.06. The van der Waals surface area contributed by atoms with E-state index in [0.717, 1.165) is 13.2 Å². The van der Waals surface area contributed by atoms with Gasteiger partial charge in [-0.1, -0.05) is 19.1 Å². The smallest absolute Gasteiger partial charge is 0.0588 e. The maximum absolute atomic E-state index is 5.82. The molecular formula is C14H22N2O. The molecule has 17 heavy (non-hydrogen) atoms. The van der Waals surface area contributed by atoms with E-state index in [1.807, 2.05) is 0 Å². The van der Waals surface area contributed by atoms with Crippen LogP contribution in [0.1, 0.15) is 12.5 Å². The second kappa shape index (κ2) is 4.67. The molecule has 94 valence electrons. The highest BCUT2D eigenvalue weighted by Gasteiger charge is 2.44. The number of nitrogens with two attached hydrogens (primary N) is 1. The Bertz CT molecular complexity index is 368. The average molecular weight is 234 g/mol. The maximum Gasteiger partial charge on any atom is 0.0588 e. The molecule has 1 heterocycles. The van der Waals surface area contributed by atoms with Gasteiger partial charge in [-0.05, 0) is 30.2 Å². The summed E-state index contributed by atoms with van der Waals surface area (Å²) >= 11 is 0. The van der Waals surface area contributed by atoms with Gasteiger partial charge in [0.05, 0.1) is 13.2 Å². The zero-order chi connectivity index (χ0) is 12.5. The van der Waals surface area contributed by atoms with Crippen molar-refractivity contribution in [2.24, 2.45) is 11.7 Å². The molecule has 0 bridgehead atoms. The maximum atomic E-state index is 5.82. The van der Waals surface area contributed by atoms with Crippen LogP contribution in [0.5, 0.6) is 0 Å². The highest BCUT2D eigenvalue weighted by Crippen LogP contribution is 2.39. The zero-order valence-corrected chi connectivity index (χ0v) is 10.9. The van der Waals surface area contributed by atoms with Gasteiger partial charge in [0.15, 0.2) is 0 Å².